The molecule has 0 bridgehead atoms. The standard InChI is InChI=1S/C8H18O2S/c1-5-7(4)8(6(2)3)11(9)10/h6-8H,5H2,1-4H3,(H,9,10)/p-1. The molecule has 0 aromatic rings. The molecule has 0 N–H and O–H groups in total. The summed E-state index contributed by atoms with van der Waals surface area (Å²) in [5.74, 6) is 0.497. The smallest absolute Gasteiger partial charge is 0.0264 e. The molecule has 0 spiro atoms. The van der Waals surface area contributed by atoms with Gasteiger partial charge in [0.15, 0.2) is 0 Å². The molecule has 0 saturated heterocycles. The molecule has 0 fully saturated rings. The van der Waals surface area contributed by atoms with Gasteiger partial charge in [0.25, 0.3) is 0 Å². The van der Waals surface area contributed by atoms with Gasteiger partial charge in [0, 0.05) is 5.25 Å². The minimum absolute atomic E-state index is 0.181. The van der Waals surface area contributed by atoms with E-state index in [1.807, 2.05) is 27.7 Å². The fraction of sp³-hybridized carbons (Fsp3) is 1.00. The molecule has 0 aromatic heterocycles. The maximum atomic E-state index is 10.7. The van der Waals surface area contributed by atoms with Crippen LogP contribution in [-0.4, -0.2) is 14.0 Å². The Morgan fingerprint density at radius 2 is 1.82 bits per heavy atom. The van der Waals surface area contributed by atoms with Crippen LogP contribution < -0.4 is 0 Å². The quantitative estimate of drug-likeness (QED) is 0.616. The molecule has 3 unspecified atom stereocenters. The van der Waals surface area contributed by atoms with Crippen molar-refractivity contribution >= 4 is 11.1 Å². The van der Waals surface area contributed by atoms with Crippen molar-refractivity contribution in [2.24, 2.45) is 11.8 Å². The molecular formula is C8H17O2S-. The summed E-state index contributed by atoms with van der Waals surface area (Å²) < 4.78 is 21.5. The fourth-order valence-electron chi connectivity index (χ4n) is 1.30. The first-order valence-corrected chi connectivity index (χ1v) is 5.22. The number of rotatable bonds is 4. The average Bonchev–Trinajstić information content (AvgIpc) is 1.85. The largest absolute Gasteiger partial charge is 0.772 e. The van der Waals surface area contributed by atoms with Crippen LogP contribution >= 0.6 is 0 Å². The van der Waals surface area contributed by atoms with Crippen molar-refractivity contribution in [3.8, 4) is 0 Å². The summed E-state index contributed by atoms with van der Waals surface area (Å²) >= 11 is -1.91. The van der Waals surface area contributed by atoms with Crippen LogP contribution in [0.15, 0.2) is 0 Å². The Labute approximate surface area is 71.7 Å². The summed E-state index contributed by atoms with van der Waals surface area (Å²) in [5.41, 5.74) is 0. The van der Waals surface area contributed by atoms with Gasteiger partial charge < -0.3 is 4.55 Å². The summed E-state index contributed by atoms with van der Waals surface area (Å²) in [4.78, 5) is 0. The van der Waals surface area contributed by atoms with Gasteiger partial charge in [-0.25, -0.2) is 0 Å². The van der Waals surface area contributed by atoms with Gasteiger partial charge in [-0.05, 0) is 11.8 Å². The van der Waals surface area contributed by atoms with E-state index in [-0.39, 0.29) is 17.1 Å². The molecular weight excluding hydrogens is 160 g/mol. The van der Waals surface area contributed by atoms with Crippen molar-refractivity contribution in [2.75, 3.05) is 0 Å². The molecule has 0 rings (SSSR count). The summed E-state index contributed by atoms with van der Waals surface area (Å²) in [6, 6.07) is 0. The predicted molar refractivity (Wildman–Crippen MR) is 47.0 cm³/mol. The van der Waals surface area contributed by atoms with E-state index in [9.17, 15) is 8.76 Å². The van der Waals surface area contributed by atoms with E-state index >= 15 is 0 Å². The zero-order valence-corrected chi connectivity index (χ0v) is 8.48. The maximum absolute atomic E-state index is 10.7. The second-order valence-corrected chi connectivity index (χ2v) is 4.42. The lowest BCUT2D eigenvalue weighted by atomic mass is 9.96. The highest BCUT2D eigenvalue weighted by atomic mass is 32.2. The summed E-state index contributed by atoms with van der Waals surface area (Å²) in [5, 5.41) is -0.181. The maximum Gasteiger partial charge on any atom is 0.0264 e. The minimum Gasteiger partial charge on any atom is -0.772 e. The third-order valence-corrected chi connectivity index (χ3v) is 3.54. The summed E-state index contributed by atoms with van der Waals surface area (Å²) in [6.45, 7) is 7.91. The normalized spacial score (nSPS) is 19.8. The molecule has 68 valence electrons. The van der Waals surface area contributed by atoms with Crippen molar-refractivity contribution in [2.45, 2.75) is 39.4 Å². The molecule has 0 aliphatic rings. The Bertz CT molecular complexity index is 134. The molecule has 0 radical (unpaired) electrons. The lowest BCUT2D eigenvalue weighted by molar-refractivity contribution is 0.404. The summed E-state index contributed by atoms with van der Waals surface area (Å²) in [6.07, 6.45) is 0.927. The molecule has 0 aliphatic heterocycles. The van der Waals surface area contributed by atoms with Crippen molar-refractivity contribution in [1.29, 1.82) is 0 Å². The van der Waals surface area contributed by atoms with Crippen LogP contribution in [0.4, 0.5) is 0 Å². The van der Waals surface area contributed by atoms with Crippen molar-refractivity contribution in [3.63, 3.8) is 0 Å². The highest BCUT2D eigenvalue weighted by molar-refractivity contribution is 7.79. The highest BCUT2D eigenvalue weighted by Gasteiger charge is 2.19. The molecule has 0 aromatic carbocycles. The van der Waals surface area contributed by atoms with Crippen LogP contribution in [0.1, 0.15) is 34.1 Å². The monoisotopic (exact) mass is 177 g/mol. The van der Waals surface area contributed by atoms with E-state index in [1.54, 1.807) is 0 Å². The second-order valence-electron chi connectivity index (χ2n) is 3.35. The minimum atomic E-state index is -1.91. The molecule has 3 heteroatoms. The van der Waals surface area contributed by atoms with Gasteiger partial charge in [0.1, 0.15) is 0 Å². The van der Waals surface area contributed by atoms with Crippen molar-refractivity contribution in [1.82, 2.24) is 0 Å². The SMILES string of the molecule is CCC(C)C(C(C)C)S(=O)[O-]. The molecule has 3 atom stereocenters. The molecule has 2 nitrogen and oxygen atoms in total. The topological polar surface area (TPSA) is 40.1 Å². The molecule has 11 heavy (non-hydrogen) atoms. The Morgan fingerprint density at radius 3 is 1.91 bits per heavy atom. The van der Waals surface area contributed by atoms with E-state index < -0.39 is 11.1 Å². The fourth-order valence-corrected chi connectivity index (χ4v) is 2.32. The predicted octanol–water partition coefficient (Wildman–Crippen LogP) is 1.94. The van der Waals surface area contributed by atoms with Crippen LogP contribution in [0.5, 0.6) is 0 Å². The summed E-state index contributed by atoms with van der Waals surface area (Å²) in [7, 11) is 0. The molecule has 0 amide bonds. The van der Waals surface area contributed by atoms with Crippen molar-refractivity contribution < 1.29 is 8.76 Å². The molecule has 0 heterocycles. The van der Waals surface area contributed by atoms with Gasteiger partial charge in [-0.2, -0.15) is 0 Å². The van der Waals surface area contributed by atoms with Gasteiger partial charge in [-0.3, -0.25) is 4.21 Å². The first-order valence-electron chi connectivity index (χ1n) is 4.08. The van der Waals surface area contributed by atoms with Gasteiger partial charge in [-0.15, -0.1) is 0 Å². The van der Waals surface area contributed by atoms with E-state index in [2.05, 4.69) is 0 Å². The van der Waals surface area contributed by atoms with Crippen LogP contribution in [0.25, 0.3) is 0 Å². The van der Waals surface area contributed by atoms with Crippen LogP contribution in [0.2, 0.25) is 0 Å². The average molecular weight is 177 g/mol. The Kier molecular flexibility index (Phi) is 4.93. The van der Waals surface area contributed by atoms with Crippen LogP contribution in [0, 0.1) is 11.8 Å². The zero-order valence-electron chi connectivity index (χ0n) is 7.66. The van der Waals surface area contributed by atoms with Gasteiger partial charge in [-0.1, -0.05) is 45.2 Å². The molecule has 0 aliphatic carbocycles. The van der Waals surface area contributed by atoms with Gasteiger partial charge in [0.05, 0.1) is 0 Å². The lowest BCUT2D eigenvalue weighted by Crippen LogP contribution is -2.28. The Balaban J connectivity index is 4.21. The first-order chi connectivity index (χ1) is 5.00. The Hall–Kier alpha value is 0.110. The van der Waals surface area contributed by atoms with Crippen LogP contribution in [-0.2, 0) is 11.1 Å². The van der Waals surface area contributed by atoms with Crippen molar-refractivity contribution in [3.05, 3.63) is 0 Å². The van der Waals surface area contributed by atoms with Gasteiger partial charge >= 0.3 is 0 Å². The first kappa shape index (κ1) is 11.1. The van der Waals surface area contributed by atoms with E-state index in [0.717, 1.165) is 6.42 Å². The van der Waals surface area contributed by atoms with E-state index in [0.29, 0.717) is 0 Å². The van der Waals surface area contributed by atoms with Crippen LogP contribution in [0.3, 0.4) is 0 Å². The number of hydrogen-bond acceptors (Lipinski definition) is 2. The van der Waals surface area contributed by atoms with E-state index in [4.69, 9.17) is 0 Å². The van der Waals surface area contributed by atoms with E-state index in [1.165, 1.54) is 0 Å². The number of hydrogen-bond donors (Lipinski definition) is 0. The lowest BCUT2D eigenvalue weighted by Gasteiger charge is -2.28. The zero-order chi connectivity index (χ0) is 9.02. The molecule has 0 saturated carbocycles. The second kappa shape index (κ2) is 4.88. The Morgan fingerprint density at radius 1 is 1.36 bits per heavy atom. The third-order valence-electron chi connectivity index (χ3n) is 2.08. The highest BCUT2D eigenvalue weighted by Crippen LogP contribution is 2.20. The van der Waals surface area contributed by atoms with Gasteiger partial charge in [0.2, 0.25) is 0 Å². The third kappa shape index (κ3) is 3.34.